The molecule has 126 valence electrons. The van der Waals surface area contributed by atoms with E-state index in [0.29, 0.717) is 16.7 Å². The van der Waals surface area contributed by atoms with Gasteiger partial charge in [0, 0.05) is 18.2 Å². The fraction of sp³-hybridized carbons (Fsp3) is 0.176. The monoisotopic (exact) mass is 353 g/mol. The number of benzene rings is 1. The fourth-order valence-electron chi connectivity index (χ4n) is 2.65. The molecule has 0 bridgehead atoms. The molecule has 8 heteroatoms. The molecular formula is C17H15N5O2S. The summed E-state index contributed by atoms with van der Waals surface area (Å²) >= 11 is 1.28. The molecule has 1 atom stereocenters. The lowest BCUT2D eigenvalue weighted by molar-refractivity contribution is 0.232. The lowest BCUT2D eigenvalue weighted by Gasteiger charge is -2.26. The fourth-order valence-corrected chi connectivity index (χ4v) is 3.37. The predicted molar refractivity (Wildman–Crippen MR) is 94.6 cm³/mol. The van der Waals surface area contributed by atoms with E-state index in [0.717, 1.165) is 23.4 Å². The Morgan fingerprint density at radius 2 is 2.04 bits per heavy atom. The van der Waals surface area contributed by atoms with Crippen LogP contribution < -0.4 is 15.4 Å². The van der Waals surface area contributed by atoms with Gasteiger partial charge >= 0.3 is 6.03 Å². The third-order valence-electron chi connectivity index (χ3n) is 3.79. The number of fused-ring (bicyclic) bond motifs is 1. The van der Waals surface area contributed by atoms with E-state index in [2.05, 4.69) is 25.8 Å². The van der Waals surface area contributed by atoms with Gasteiger partial charge in [0.15, 0.2) is 5.01 Å². The van der Waals surface area contributed by atoms with Crippen LogP contribution in [-0.2, 0) is 0 Å². The Balaban J connectivity index is 1.43. The SMILES string of the molecule is O=C(Nc1nnc(-c2ccccn2)s1)N[C@@H]1CCOc2ccccc21. The highest BCUT2D eigenvalue weighted by molar-refractivity contribution is 7.18. The van der Waals surface area contributed by atoms with E-state index >= 15 is 0 Å². The van der Waals surface area contributed by atoms with Crippen molar-refractivity contribution >= 4 is 22.5 Å². The first kappa shape index (κ1) is 15.5. The number of nitrogens with one attached hydrogen (secondary N) is 2. The van der Waals surface area contributed by atoms with Gasteiger partial charge in [0.2, 0.25) is 5.13 Å². The maximum atomic E-state index is 12.3. The van der Waals surface area contributed by atoms with Crippen molar-refractivity contribution in [3.63, 3.8) is 0 Å². The molecule has 1 aromatic carbocycles. The number of carbonyl (C=O) groups is 1. The van der Waals surface area contributed by atoms with E-state index in [9.17, 15) is 4.79 Å². The van der Waals surface area contributed by atoms with E-state index in [-0.39, 0.29) is 12.1 Å². The minimum atomic E-state index is -0.314. The number of para-hydroxylation sites is 1. The maximum absolute atomic E-state index is 12.3. The summed E-state index contributed by atoms with van der Waals surface area (Å²) in [5, 5.41) is 14.9. The summed E-state index contributed by atoms with van der Waals surface area (Å²) in [6, 6.07) is 12.9. The van der Waals surface area contributed by atoms with E-state index in [1.807, 2.05) is 42.5 Å². The summed E-state index contributed by atoms with van der Waals surface area (Å²) < 4.78 is 5.61. The molecule has 25 heavy (non-hydrogen) atoms. The van der Waals surface area contributed by atoms with Gasteiger partial charge in [0.25, 0.3) is 0 Å². The number of pyridine rings is 1. The van der Waals surface area contributed by atoms with Crippen LogP contribution in [0.5, 0.6) is 5.75 Å². The van der Waals surface area contributed by atoms with Crippen LogP contribution in [0.25, 0.3) is 10.7 Å². The van der Waals surface area contributed by atoms with Crippen LogP contribution in [-0.4, -0.2) is 27.8 Å². The largest absolute Gasteiger partial charge is 0.493 e. The van der Waals surface area contributed by atoms with Gasteiger partial charge in [-0.2, -0.15) is 0 Å². The van der Waals surface area contributed by atoms with Gasteiger partial charge in [-0.3, -0.25) is 10.3 Å². The number of anilines is 1. The molecule has 0 saturated carbocycles. The zero-order valence-corrected chi connectivity index (χ0v) is 14.0. The van der Waals surface area contributed by atoms with Crippen LogP contribution in [0.2, 0.25) is 0 Å². The van der Waals surface area contributed by atoms with Crippen molar-refractivity contribution in [2.45, 2.75) is 12.5 Å². The normalized spacial score (nSPS) is 15.8. The van der Waals surface area contributed by atoms with E-state index < -0.39 is 0 Å². The Bertz CT molecular complexity index is 884. The maximum Gasteiger partial charge on any atom is 0.321 e. The van der Waals surface area contributed by atoms with Crippen LogP contribution >= 0.6 is 11.3 Å². The minimum Gasteiger partial charge on any atom is -0.493 e. The molecular weight excluding hydrogens is 338 g/mol. The van der Waals surface area contributed by atoms with Crippen LogP contribution in [0.15, 0.2) is 48.7 Å². The Kier molecular flexibility index (Phi) is 4.26. The summed E-state index contributed by atoms with van der Waals surface area (Å²) in [6.07, 6.45) is 2.42. The Morgan fingerprint density at radius 1 is 1.16 bits per heavy atom. The van der Waals surface area contributed by atoms with E-state index in [4.69, 9.17) is 4.74 Å². The lowest BCUT2D eigenvalue weighted by atomic mass is 10.0. The summed E-state index contributed by atoms with van der Waals surface area (Å²) in [4.78, 5) is 16.5. The van der Waals surface area contributed by atoms with Crippen LogP contribution in [0, 0.1) is 0 Å². The smallest absolute Gasteiger partial charge is 0.321 e. The van der Waals surface area contributed by atoms with Gasteiger partial charge < -0.3 is 10.1 Å². The highest BCUT2D eigenvalue weighted by atomic mass is 32.1. The van der Waals surface area contributed by atoms with Crippen molar-refractivity contribution in [1.82, 2.24) is 20.5 Å². The molecule has 2 amide bonds. The van der Waals surface area contributed by atoms with Crippen LogP contribution in [0.1, 0.15) is 18.0 Å². The molecule has 2 N–H and O–H groups in total. The lowest BCUT2D eigenvalue weighted by Crippen LogP contribution is -2.35. The summed E-state index contributed by atoms with van der Waals surface area (Å²) in [5.41, 5.74) is 1.71. The number of urea groups is 1. The van der Waals surface area contributed by atoms with Crippen molar-refractivity contribution < 1.29 is 9.53 Å². The third-order valence-corrected chi connectivity index (χ3v) is 4.65. The van der Waals surface area contributed by atoms with Gasteiger partial charge in [0.05, 0.1) is 12.6 Å². The number of carbonyl (C=O) groups excluding carboxylic acids is 1. The van der Waals surface area contributed by atoms with Crippen LogP contribution in [0.3, 0.4) is 0 Å². The first-order chi connectivity index (χ1) is 12.3. The number of rotatable bonds is 3. The van der Waals surface area contributed by atoms with E-state index in [1.165, 1.54) is 11.3 Å². The Labute approximate surface area is 148 Å². The molecule has 0 unspecified atom stereocenters. The third kappa shape index (κ3) is 3.43. The number of hydrogen-bond donors (Lipinski definition) is 2. The average Bonchev–Trinajstić information content (AvgIpc) is 3.11. The molecule has 3 aromatic rings. The zero-order chi connectivity index (χ0) is 17.1. The highest BCUT2D eigenvalue weighted by Crippen LogP contribution is 2.31. The van der Waals surface area contributed by atoms with Crippen LogP contribution in [0.4, 0.5) is 9.93 Å². The molecule has 0 fully saturated rings. The predicted octanol–water partition coefficient (Wildman–Crippen LogP) is 3.25. The second-order valence-corrected chi connectivity index (χ2v) is 6.43. The number of nitrogens with zero attached hydrogens (tertiary/aromatic N) is 3. The summed E-state index contributed by atoms with van der Waals surface area (Å²) in [7, 11) is 0. The molecule has 4 rings (SSSR count). The van der Waals surface area contributed by atoms with Crippen molar-refractivity contribution in [1.29, 1.82) is 0 Å². The molecule has 0 radical (unpaired) electrons. The van der Waals surface area contributed by atoms with Crippen molar-refractivity contribution in [3.05, 3.63) is 54.2 Å². The quantitative estimate of drug-likeness (QED) is 0.754. The second kappa shape index (κ2) is 6.86. The molecule has 7 nitrogen and oxygen atoms in total. The number of hydrogen-bond acceptors (Lipinski definition) is 6. The number of amides is 2. The Hall–Kier alpha value is -3.00. The summed E-state index contributed by atoms with van der Waals surface area (Å²) in [6.45, 7) is 0.574. The Morgan fingerprint density at radius 3 is 2.92 bits per heavy atom. The first-order valence-corrected chi connectivity index (χ1v) is 8.65. The topological polar surface area (TPSA) is 89.0 Å². The first-order valence-electron chi connectivity index (χ1n) is 7.84. The van der Waals surface area contributed by atoms with Crippen molar-refractivity contribution in [2.75, 3.05) is 11.9 Å². The number of aromatic nitrogens is 3. The molecule has 2 aromatic heterocycles. The summed E-state index contributed by atoms with van der Waals surface area (Å²) in [5.74, 6) is 0.812. The molecule has 0 spiro atoms. The molecule has 1 aliphatic heterocycles. The van der Waals surface area contributed by atoms with Gasteiger partial charge in [-0.25, -0.2) is 4.79 Å². The second-order valence-electron chi connectivity index (χ2n) is 5.45. The van der Waals surface area contributed by atoms with Gasteiger partial charge in [-0.1, -0.05) is 35.6 Å². The standard InChI is InChI=1S/C17H15N5O2S/c23-16(19-12-8-10-24-14-7-2-1-5-11(12)14)20-17-22-21-15(25-17)13-6-3-4-9-18-13/h1-7,9,12H,8,10H2,(H2,19,20,22,23)/t12-/m1/s1. The minimum absolute atomic E-state index is 0.0897. The molecule has 0 saturated heterocycles. The zero-order valence-electron chi connectivity index (χ0n) is 13.2. The van der Waals surface area contributed by atoms with E-state index in [1.54, 1.807) is 6.20 Å². The highest BCUT2D eigenvalue weighted by Gasteiger charge is 2.23. The van der Waals surface area contributed by atoms with Gasteiger partial charge in [-0.15, -0.1) is 10.2 Å². The van der Waals surface area contributed by atoms with Gasteiger partial charge in [0.1, 0.15) is 11.4 Å². The molecule has 0 aliphatic carbocycles. The average molecular weight is 353 g/mol. The van der Waals surface area contributed by atoms with Crippen molar-refractivity contribution in [2.24, 2.45) is 0 Å². The van der Waals surface area contributed by atoms with Crippen molar-refractivity contribution in [3.8, 4) is 16.5 Å². The van der Waals surface area contributed by atoms with Gasteiger partial charge in [-0.05, 0) is 18.2 Å². The molecule has 1 aliphatic rings. The molecule has 3 heterocycles. The number of ether oxygens (including phenoxy) is 1.